The molecule has 2 aromatic heterocycles. The van der Waals surface area contributed by atoms with Crippen LogP contribution in [-0.2, 0) is 0 Å². The maximum atomic E-state index is 5.71. The van der Waals surface area contributed by atoms with E-state index < -0.39 is 0 Å². The monoisotopic (exact) mass is 261 g/mol. The smallest absolute Gasteiger partial charge is 0.129 e. The van der Waals surface area contributed by atoms with Crippen LogP contribution in [0.4, 0.5) is 11.5 Å². The van der Waals surface area contributed by atoms with Crippen LogP contribution in [0.1, 0.15) is 33.8 Å². The first-order chi connectivity index (χ1) is 8.47. The van der Waals surface area contributed by atoms with E-state index in [1.807, 2.05) is 24.3 Å². The Morgan fingerprint density at radius 1 is 1.28 bits per heavy atom. The average Bonchev–Trinajstić information content (AvgIpc) is 2.62. The first kappa shape index (κ1) is 12.9. The minimum absolute atomic E-state index is 0.254. The fourth-order valence-corrected chi connectivity index (χ4v) is 3.13. The highest BCUT2D eigenvalue weighted by molar-refractivity contribution is 7.12. The molecule has 0 aromatic carbocycles. The topological polar surface area (TPSA) is 50.9 Å². The molecule has 0 aliphatic heterocycles. The number of hydrogen-bond acceptors (Lipinski definition) is 4. The standard InChI is InChI=1S/C14H19N3S/c1-8-5-12(15)7-16-14(8)17-10(3)13-6-9(2)18-11(13)4/h5-7,10H,15H2,1-4H3,(H,16,17). The predicted molar refractivity (Wildman–Crippen MR) is 79.2 cm³/mol. The first-order valence-corrected chi connectivity index (χ1v) is 6.84. The molecule has 3 N–H and O–H groups in total. The first-order valence-electron chi connectivity index (χ1n) is 6.03. The summed E-state index contributed by atoms with van der Waals surface area (Å²) in [7, 11) is 0. The Morgan fingerprint density at radius 3 is 2.56 bits per heavy atom. The molecule has 4 heteroatoms. The van der Waals surface area contributed by atoms with Crippen molar-refractivity contribution >= 4 is 22.8 Å². The van der Waals surface area contributed by atoms with Crippen molar-refractivity contribution < 1.29 is 0 Å². The molecule has 0 spiro atoms. The van der Waals surface area contributed by atoms with E-state index in [-0.39, 0.29) is 6.04 Å². The summed E-state index contributed by atoms with van der Waals surface area (Å²) in [6.07, 6.45) is 1.69. The molecule has 0 amide bonds. The second kappa shape index (κ2) is 4.98. The molecule has 0 aliphatic rings. The SMILES string of the molecule is Cc1cc(C(C)Nc2ncc(N)cc2C)c(C)s1. The predicted octanol–water partition coefficient (Wildman–Crippen LogP) is 3.82. The van der Waals surface area contributed by atoms with Crippen LogP contribution in [0.15, 0.2) is 18.3 Å². The molecule has 2 rings (SSSR count). The average molecular weight is 261 g/mol. The fraction of sp³-hybridized carbons (Fsp3) is 0.357. The highest BCUT2D eigenvalue weighted by Crippen LogP contribution is 2.29. The van der Waals surface area contributed by atoms with E-state index >= 15 is 0 Å². The highest BCUT2D eigenvalue weighted by Gasteiger charge is 2.12. The Kier molecular flexibility index (Phi) is 3.57. The number of nitrogens with zero attached hydrogens (tertiary/aromatic N) is 1. The molecule has 0 radical (unpaired) electrons. The van der Waals surface area contributed by atoms with Crippen LogP contribution in [0.2, 0.25) is 0 Å². The number of hydrogen-bond donors (Lipinski definition) is 2. The normalized spacial score (nSPS) is 12.4. The molecule has 0 saturated heterocycles. The zero-order valence-electron chi connectivity index (χ0n) is 11.2. The van der Waals surface area contributed by atoms with E-state index in [0.29, 0.717) is 5.69 Å². The molecule has 0 saturated carbocycles. The van der Waals surface area contributed by atoms with Gasteiger partial charge in [0.2, 0.25) is 0 Å². The fourth-order valence-electron chi connectivity index (χ4n) is 2.11. The van der Waals surface area contributed by atoms with Crippen LogP contribution in [0.3, 0.4) is 0 Å². The quantitative estimate of drug-likeness (QED) is 0.883. The number of rotatable bonds is 3. The minimum atomic E-state index is 0.254. The van der Waals surface area contributed by atoms with Gasteiger partial charge in [0.05, 0.1) is 17.9 Å². The second-order valence-electron chi connectivity index (χ2n) is 4.67. The van der Waals surface area contributed by atoms with Crippen molar-refractivity contribution in [3.05, 3.63) is 39.2 Å². The maximum absolute atomic E-state index is 5.71. The van der Waals surface area contributed by atoms with Crippen molar-refractivity contribution in [2.45, 2.75) is 33.7 Å². The van der Waals surface area contributed by atoms with Crippen LogP contribution in [0.25, 0.3) is 0 Å². The van der Waals surface area contributed by atoms with Crippen LogP contribution in [0.5, 0.6) is 0 Å². The lowest BCUT2D eigenvalue weighted by Crippen LogP contribution is -2.09. The number of nitrogens with two attached hydrogens (primary N) is 1. The summed E-state index contributed by atoms with van der Waals surface area (Å²) in [5, 5.41) is 3.45. The third-order valence-electron chi connectivity index (χ3n) is 3.00. The van der Waals surface area contributed by atoms with Gasteiger partial charge in [-0.2, -0.15) is 0 Å². The van der Waals surface area contributed by atoms with Crippen molar-refractivity contribution in [1.82, 2.24) is 4.98 Å². The molecular weight excluding hydrogens is 242 g/mol. The van der Waals surface area contributed by atoms with Gasteiger partial charge in [-0.3, -0.25) is 0 Å². The highest BCUT2D eigenvalue weighted by atomic mass is 32.1. The summed E-state index contributed by atoms with van der Waals surface area (Å²) in [5.74, 6) is 0.903. The molecule has 3 nitrogen and oxygen atoms in total. The molecular formula is C14H19N3S. The Balaban J connectivity index is 2.21. The minimum Gasteiger partial charge on any atom is -0.397 e. The van der Waals surface area contributed by atoms with E-state index in [0.717, 1.165) is 11.4 Å². The Bertz CT molecular complexity index is 560. The number of aryl methyl sites for hydroxylation is 3. The van der Waals surface area contributed by atoms with Crippen molar-refractivity contribution in [3.63, 3.8) is 0 Å². The van der Waals surface area contributed by atoms with E-state index in [1.165, 1.54) is 15.3 Å². The zero-order chi connectivity index (χ0) is 13.3. The van der Waals surface area contributed by atoms with Crippen molar-refractivity contribution in [1.29, 1.82) is 0 Å². The van der Waals surface area contributed by atoms with Crippen LogP contribution >= 0.6 is 11.3 Å². The van der Waals surface area contributed by atoms with Crippen LogP contribution in [-0.4, -0.2) is 4.98 Å². The number of aromatic nitrogens is 1. The second-order valence-corrected chi connectivity index (χ2v) is 6.13. The molecule has 2 aromatic rings. The van der Waals surface area contributed by atoms with Gasteiger partial charge in [0.1, 0.15) is 5.82 Å². The Labute approximate surface area is 112 Å². The summed E-state index contributed by atoms with van der Waals surface area (Å²) in [4.78, 5) is 7.05. The van der Waals surface area contributed by atoms with Gasteiger partial charge >= 0.3 is 0 Å². The van der Waals surface area contributed by atoms with Gasteiger partial charge in [0.25, 0.3) is 0 Å². The van der Waals surface area contributed by atoms with Gasteiger partial charge in [-0.05, 0) is 51.0 Å². The largest absolute Gasteiger partial charge is 0.397 e. The Hall–Kier alpha value is -1.55. The van der Waals surface area contributed by atoms with E-state index in [4.69, 9.17) is 5.73 Å². The van der Waals surface area contributed by atoms with Gasteiger partial charge in [-0.1, -0.05) is 0 Å². The van der Waals surface area contributed by atoms with Crippen molar-refractivity contribution in [2.24, 2.45) is 0 Å². The zero-order valence-corrected chi connectivity index (χ0v) is 12.1. The molecule has 18 heavy (non-hydrogen) atoms. The number of nitrogen functional groups attached to an aromatic ring is 1. The van der Waals surface area contributed by atoms with Crippen LogP contribution < -0.4 is 11.1 Å². The van der Waals surface area contributed by atoms with E-state index in [2.05, 4.69) is 37.1 Å². The number of anilines is 2. The molecule has 0 bridgehead atoms. The lowest BCUT2D eigenvalue weighted by Gasteiger charge is -2.16. The van der Waals surface area contributed by atoms with Gasteiger partial charge in [-0.15, -0.1) is 11.3 Å². The summed E-state index contributed by atoms with van der Waals surface area (Å²) in [6, 6.07) is 4.43. The summed E-state index contributed by atoms with van der Waals surface area (Å²) >= 11 is 1.83. The number of thiophene rings is 1. The van der Waals surface area contributed by atoms with Gasteiger partial charge in [0.15, 0.2) is 0 Å². The lowest BCUT2D eigenvalue weighted by molar-refractivity contribution is 0.869. The maximum Gasteiger partial charge on any atom is 0.129 e. The molecule has 0 fully saturated rings. The van der Waals surface area contributed by atoms with Gasteiger partial charge in [-0.25, -0.2) is 4.98 Å². The molecule has 0 aliphatic carbocycles. The third-order valence-corrected chi connectivity index (χ3v) is 3.98. The third kappa shape index (κ3) is 2.64. The van der Waals surface area contributed by atoms with Crippen LogP contribution in [0, 0.1) is 20.8 Å². The van der Waals surface area contributed by atoms with E-state index in [9.17, 15) is 0 Å². The summed E-state index contributed by atoms with van der Waals surface area (Å²) < 4.78 is 0. The number of nitrogens with one attached hydrogen (secondary N) is 1. The Morgan fingerprint density at radius 2 is 2.00 bits per heavy atom. The number of pyridine rings is 1. The lowest BCUT2D eigenvalue weighted by atomic mass is 10.1. The van der Waals surface area contributed by atoms with Gasteiger partial charge < -0.3 is 11.1 Å². The molecule has 2 heterocycles. The molecule has 1 unspecified atom stereocenters. The van der Waals surface area contributed by atoms with E-state index in [1.54, 1.807) is 6.20 Å². The molecule has 96 valence electrons. The van der Waals surface area contributed by atoms with Crippen molar-refractivity contribution in [3.8, 4) is 0 Å². The van der Waals surface area contributed by atoms with Gasteiger partial charge in [0, 0.05) is 9.75 Å². The molecule has 1 atom stereocenters. The summed E-state index contributed by atoms with van der Waals surface area (Å²) in [6.45, 7) is 8.48. The summed E-state index contributed by atoms with van der Waals surface area (Å²) in [5.41, 5.74) is 8.83. The van der Waals surface area contributed by atoms with Crippen molar-refractivity contribution in [2.75, 3.05) is 11.1 Å².